The summed E-state index contributed by atoms with van der Waals surface area (Å²) in [7, 11) is 0. The Kier molecular flexibility index (Phi) is 36.4. The van der Waals surface area contributed by atoms with Crippen molar-refractivity contribution in [2.75, 3.05) is 0 Å². The van der Waals surface area contributed by atoms with Crippen LogP contribution in [0.25, 0.3) is 0 Å². The highest BCUT2D eigenvalue weighted by Gasteiger charge is 2.36. The molecule has 0 aliphatic carbocycles. The molecule has 2 atom stereocenters. The molecule has 2 unspecified atom stereocenters. The summed E-state index contributed by atoms with van der Waals surface area (Å²) >= 11 is 0. The zero-order valence-corrected chi connectivity index (χ0v) is 30.7. The van der Waals surface area contributed by atoms with Gasteiger partial charge in [0.15, 0.2) is 0 Å². The maximum absolute atomic E-state index is 8.58. The molecule has 1 heterocycles. The Morgan fingerprint density at radius 3 is 0.932 bits per heavy atom. The summed E-state index contributed by atoms with van der Waals surface area (Å²) in [5, 5.41) is 0. The number of carbonyl (C=O) groups excluding carboxylic acids is 1. The van der Waals surface area contributed by atoms with Crippen molar-refractivity contribution in [3.05, 3.63) is 0 Å². The summed E-state index contributed by atoms with van der Waals surface area (Å²) in [5.74, 6) is 1.02. The quantitative estimate of drug-likeness (QED) is 0.0435. The third-order valence-electron chi connectivity index (χ3n) is 10.1. The average Bonchev–Trinajstić information content (AvgIpc) is 3.78. The second kappa shape index (κ2) is 36.9. The number of hydrogen-bond acceptors (Lipinski definition) is 2. The zero-order valence-electron chi connectivity index (χ0n) is 30.7. The lowest BCUT2D eigenvalue weighted by molar-refractivity contribution is -0.106. The number of amides is 1. The molecule has 264 valence electrons. The highest BCUT2D eigenvalue weighted by molar-refractivity contribution is 5.42. The number of rotatable bonds is 35. The lowest BCUT2D eigenvalue weighted by Crippen LogP contribution is -2.02. The average molecular weight is 622 g/mol. The van der Waals surface area contributed by atoms with Gasteiger partial charge in [0.25, 0.3) is 0 Å². The molecule has 0 spiro atoms. The maximum atomic E-state index is 8.58. The molecule has 0 saturated carbocycles. The smallest absolute Gasteiger partial charge is 0.204 e. The molecule has 1 aliphatic rings. The molecule has 0 aromatic rings. The monoisotopic (exact) mass is 622 g/mol. The summed E-state index contributed by atoms with van der Waals surface area (Å²) in [6.45, 7) is 6.96. The minimum Gasteiger partial charge on any atom is -0.372 e. The maximum Gasteiger partial charge on any atom is 0.204 e. The van der Waals surface area contributed by atoms with Crippen molar-refractivity contribution >= 4 is 6.41 Å². The highest BCUT2D eigenvalue weighted by Crippen LogP contribution is 2.32. The lowest BCUT2D eigenvalue weighted by Gasteiger charge is -2.17. The number of ether oxygens (including phenoxy) is 1. The molecule has 1 rings (SSSR count). The van der Waals surface area contributed by atoms with Crippen LogP contribution in [-0.4, -0.2) is 18.6 Å². The van der Waals surface area contributed by atoms with Crippen molar-refractivity contribution in [3.8, 4) is 0 Å². The van der Waals surface area contributed by atoms with E-state index in [1.54, 1.807) is 0 Å². The SMILES string of the molecule is CCCCCCCCCCCCCCC1OC1CCCCCCCC(CCCCCCCC)CCCCCCCC.NC=O. The van der Waals surface area contributed by atoms with E-state index in [2.05, 4.69) is 26.5 Å². The molecule has 1 aliphatic heterocycles. The highest BCUT2D eigenvalue weighted by atomic mass is 16.6. The third-order valence-corrected chi connectivity index (χ3v) is 10.1. The van der Waals surface area contributed by atoms with Crippen LogP contribution in [-0.2, 0) is 9.53 Å². The Balaban J connectivity index is 0.00000590. The fraction of sp³-hybridized carbons (Fsp3) is 0.976. The van der Waals surface area contributed by atoms with E-state index in [9.17, 15) is 0 Å². The zero-order chi connectivity index (χ0) is 32.2. The molecule has 1 amide bonds. The van der Waals surface area contributed by atoms with Gasteiger partial charge in [-0.05, 0) is 18.8 Å². The van der Waals surface area contributed by atoms with Gasteiger partial charge in [0.1, 0.15) is 0 Å². The molecule has 0 radical (unpaired) electrons. The second-order valence-electron chi connectivity index (χ2n) is 14.4. The fourth-order valence-electron chi connectivity index (χ4n) is 7.04. The van der Waals surface area contributed by atoms with Gasteiger partial charge in [-0.25, -0.2) is 0 Å². The Bertz CT molecular complexity index is 523. The van der Waals surface area contributed by atoms with Crippen molar-refractivity contribution < 1.29 is 9.53 Å². The van der Waals surface area contributed by atoms with Crippen LogP contribution < -0.4 is 5.73 Å². The molecule has 3 nitrogen and oxygen atoms in total. The van der Waals surface area contributed by atoms with Crippen molar-refractivity contribution in [2.24, 2.45) is 11.7 Å². The number of unbranched alkanes of at least 4 members (excludes halogenated alkanes) is 25. The first-order chi connectivity index (χ1) is 21.7. The predicted molar refractivity (Wildman–Crippen MR) is 196 cm³/mol. The summed E-state index contributed by atoms with van der Waals surface area (Å²) in [6.07, 6.45) is 50.8. The summed E-state index contributed by atoms with van der Waals surface area (Å²) < 4.78 is 6.01. The van der Waals surface area contributed by atoms with Crippen LogP contribution in [0.15, 0.2) is 0 Å². The van der Waals surface area contributed by atoms with Crippen molar-refractivity contribution in [3.63, 3.8) is 0 Å². The van der Waals surface area contributed by atoms with E-state index in [0.29, 0.717) is 12.2 Å². The van der Waals surface area contributed by atoms with Crippen LogP contribution in [0.3, 0.4) is 0 Å². The van der Waals surface area contributed by atoms with Gasteiger partial charge in [0, 0.05) is 0 Å². The van der Waals surface area contributed by atoms with Gasteiger partial charge in [0.05, 0.1) is 12.2 Å². The molecule has 1 fully saturated rings. The fourth-order valence-corrected chi connectivity index (χ4v) is 7.04. The molecule has 0 aromatic heterocycles. The van der Waals surface area contributed by atoms with E-state index >= 15 is 0 Å². The van der Waals surface area contributed by atoms with Crippen LogP contribution >= 0.6 is 0 Å². The van der Waals surface area contributed by atoms with Gasteiger partial charge in [-0.15, -0.1) is 0 Å². The van der Waals surface area contributed by atoms with E-state index in [1.165, 1.54) is 218 Å². The van der Waals surface area contributed by atoms with Gasteiger partial charge in [0.2, 0.25) is 6.41 Å². The van der Waals surface area contributed by atoms with E-state index in [1.807, 2.05) is 0 Å². The van der Waals surface area contributed by atoms with Crippen molar-refractivity contribution in [2.45, 2.75) is 251 Å². The summed E-state index contributed by atoms with van der Waals surface area (Å²) in [4.78, 5) is 8.58. The Morgan fingerprint density at radius 2 is 0.659 bits per heavy atom. The van der Waals surface area contributed by atoms with E-state index in [4.69, 9.17) is 9.53 Å². The summed E-state index contributed by atoms with van der Waals surface area (Å²) in [5.41, 5.74) is 4.17. The van der Waals surface area contributed by atoms with Crippen molar-refractivity contribution in [1.29, 1.82) is 0 Å². The third kappa shape index (κ3) is 32.8. The minimum atomic E-state index is 0.250. The second-order valence-corrected chi connectivity index (χ2v) is 14.4. The van der Waals surface area contributed by atoms with Gasteiger partial charge in [-0.2, -0.15) is 0 Å². The minimum absolute atomic E-state index is 0.250. The largest absolute Gasteiger partial charge is 0.372 e. The molecule has 0 aromatic carbocycles. The van der Waals surface area contributed by atoms with E-state index < -0.39 is 0 Å². The number of nitrogens with two attached hydrogens (primary N) is 1. The van der Waals surface area contributed by atoms with Crippen LogP contribution in [0.4, 0.5) is 0 Å². The number of carbonyl (C=O) groups is 1. The standard InChI is InChI=1S/C40H80O.CH3NO/c1-4-7-10-13-16-17-18-19-20-21-26-31-36-39-40(41-39)37-32-27-22-25-30-35-38(33-28-23-14-11-8-5-2)34-29-24-15-12-9-6-3;2-1-3/h38-40H,4-37H2,1-3H3;1H,(H2,2,3). The molecule has 44 heavy (non-hydrogen) atoms. The topological polar surface area (TPSA) is 55.6 Å². The molecular formula is C41H83NO2. The molecule has 2 N–H and O–H groups in total. The number of hydrogen-bond donors (Lipinski definition) is 1. The van der Waals surface area contributed by atoms with Crippen LogP contribution in [0.5, 0.6) is 0 Å². The van der Waals surface area contributed by atoms with Crippen molar-refractivity contribution in [1.82, 2.24) is 0 Å². The first-order valence-corrected chi connectivity index (χ1v) is 20.5. The Hall–Kier alpha value is -0.570. The normalized spacial score (nSPS) is 15.8. The molecule has 0 bridgehead atoms. The first kappa shape index (κ1) is 43.4. The van der Waals surface area contributed by atoms with Gasteiger partial charge in [-0.1, -0.05) is 226 Å². The van der Waals surface area contributed by atoms with Gasteiger partial charge in [-0.3, -0.25) is 4.79 Å². The first-order valence-electron chi connectivity index (χ1n) is 20.5. The number of epoxide rings is 1. The summed E-state index contributed by atoms with van der Waals surface area (Å²) in [6, 6.07) is 0. The molecule has 3 heteroatoms. The Labute approximate surface area is 278 Å². The number of primary amides is 1. The lowest BCUT2D eigenvalue weighted by atomic mass is 9.89. The van der Waals surface area contributed by atoms with Crippen LogP contribution in [0, 0.1) is 5.92 Å². The van der Waals surface area contributed by atoms with E-state index in [-0.39, 0.29) is 6.41 Å². The molecule has 1 saturated heterocycles. The van der Waals surface area contributed by atoms with Gasteiger partial charge < -0.3 is 10.5 Å². The van der Waals surface area contributed by atoms with Crippen LogP contribution in [0.2, 0.25) is 0 Å². The Morgan fingerprint density at radius 1 is 0.432 bits per heavy atom. The van der Waals surface area contributed by atoms with Gasteiger partial charge >= 0.3 is 0 Å². The van der Waals surface area contributed by atoms with E-state index in [0.717, 1.165) is 5.92 Å². The van der Waals surface area contributed by atoms with Crippen LogP contribution in [0.1, 0.15) is 239 Å². The predicted octanol–water partition coefficient (Wildman–Crippen LogP) is 13.8. The molecular weight excluding hydrogens is 538 g/mol.